The first-order chi connectivity index (χ1) is 15.2. The molecule has 1 heterocycles. The molecule has 0 bridgehead atoms. The fourth-order valence-electron chi connectivity index (χ4n) is 2.92. The van der Waals surface area contributed by atoms with Crippen LogP contribution in [-0.4, -0.2) is 37.6 Å². The lowest BCUT2D eigenvalue weighted by Crippen LogP contribution is -2.29. The smallest absolute Gasteiger partial charge is 0.142 e. The molecule has 7 heteroatoms. The highest BCUT2D eigenvalue weighted by atomic mass is 32.1. The van der Waals surface area contributed by atoms with Crippen LogP contribution in [0.1, 0.15) is 24.0 Å². The van der Waals surface area contributed by atoms with Crippen molar-refractivity contribution in [2.45, 2.75) is 25.9 Å². The van der Waals surface area contributed by atoms with Crippen LogP contribution in [0.15, 0.2) is 65.3 Å². The van der Waals surface area contributed by atoms with Crippen molar-refractivity contribution in [1.82, 2.24) is 5.32 Å². The summed E-state index contributed by atoms with van der Waals surface area (Å²) in [7, 11) is 0. The molecular weight excluding hydrogens is 415 g/mol. The van der Waals surface area contributed by atoms with Crippen LogP contribution in [0.4, 0.5) is 4.39 Å². The fourth-order valence-corrected chi connectivity index (χ4v) is 3.05. The molecule has 164 valence electrons. The topological polar surface area (TPSA) is 52.1 Å². The lowest BCUT2D eigenvalue weighted by molar-refractivity contribution is 0.131. The number of ether oxygens (including phenoxy) is 2. The van der Waals surface area contributed by atoms with Crippen molar-refractivity contribution in [3.8, 4) is 5.75 Å². The maximum absolute atomic E-state index is 12.8. The van der Waals surface area contributed by atoms with Crippen molar-refractivity contribution < 1.29 is 18.7 Å². The molecule has 0 atom stereocenters. The van der Waals surface area contributed by atoms with Gasteiger partial charge in [-0.2, -0.15) is 0 Å². The molecule has 0 amide bonds. The molecule has 0 fully saturated rings. The van der Waals surface area contributed by atoms with Crippen molar-refractivity contribution in [2.75, 3.05) is 26.4 Å². The number of hydrogen-bond donors (Lipinski definition) is 1. The van der Waals surface area contributed by atoms with E-state index in [9.17, 15) is 4.39 Å². The van der Waals surface area contributed by atoms with Gasteiger partial charge in [0.25, 0.3) is 0 Å². The molecule has 5 nitrogen and oxygen atoms in total. The van der Waals surface area contributed by atoms with Gasteiger partial charge in [0.2, 0.25) is 0 Å². The van der Waals surface area contributed by atoms with Gasteiger partial charge in [0.1, 0.15) is 29.8 Å². The molecule has 1 aliphatic rings. The Morgan fingerprint density at radius 2 is 1.90 bits per heavy atom. The van der Waals surface area contributed by atoms with Crippen LogP contribution in [0.5, 0.6) is 5.75 Å². The first kappa shape index (κ1) is 22.9. The molecule has 0 aliphatic carbocycles. The van der Waals surface area contributed by atoms with Crippen molar-refractivity contribution in [1.29, 1.82) is 0 Å². The summed E-state index contributed by atoms with van der Waals surface area (Å²) in [6.45, 7) is 2.89. The van der Waals surface area contributed by atoms with E-state index in [4.69, 9.17) is 26.5 Å². The molecule has 0 radical (unpaired) electrons. The Kier molecular flexibility index (Phi) is 9.47. The van der Waals surface area contributed by atoms with Crippen molar-refractivity contribution in [3.63, 3.8) is 0 Å². The van der Waals surface area contributed by atoms with E-state index in [0.29, 0.717) is 24.8 Å². The number of oxime groups is 1. The van der Waals surface area contributed by atoms with Crippen LogP contribution in [0, 0.1) is 5.82 Å². The molecular formula is C24H27FN2O3S. The summed E-state index contributed by atoms with van der Waals surface area (Å²) in [5.41, 5.74) is 3.39. The van der Waals surface area contributed by atoms with E-state index in [1.807, 2.05) is 24.3 Å². The third kappa shape index (κ3) is 8.86. The van der Waals surface area contributed by atoms with Gasteiger partial charge in [-0.25, -0.2) is 4.39 Å². The van der Waals surface area contributed by atoms with E-state index in [-0.39, 0.29) is 5.82 Å². The normalized spacial score (nSPS) is 13.6. The molecule has 0 saturated carbocycles. The van der Waals surface area contributed by atoms with Gasteiger partial charge in [0.15, 0.2) is 0 Å². The Hall–Kier alpha value is -2.77. The monoisotopic (exact) mass is 442 g/mol. The van der Waals surface area contributed by atoms with Gasteiger partial charge in [-0.05, 0) is 54.7 Å². The second-order valence-corrected chi connectivity index (χ2v) is 7.62. The number of halogens is 1. The third-order valence-corrected chi connectivity index (χ3v) is 4.98. The number of nitrogens with zero attached hydrogens (tertiary/aromatic N) is 1. The van der Waals surface area contributed by atoms with E-state index in [0.717, 1.165) is 43.7 Å². The van der Waals surface area contributed by atoms with Gasteiger partial charge in [0, 0.05) is 12.8 Å². The first-order valence-corrected chi connectivity index (χ1v) is 10.7. The van der Waals surface area contributed by atoms with Crippen LogP contribution >= 0.6 is 12.2 Å². The number of rotatable bonds is 11. The first-order valence-electron chi connectivity index (χ1n) is 10.3. The highest BCUT2D eigenvalue weighted by molar-refractivity contribution is 7.80. The molecule has 1 aliphatic heterocycles. The zero-order valence-electron chi connectivity index (χ0n) is 17.4. The van der Waals surface area contributed by atoms with Gasteiger partial charge in [0.05, 0.1) is 13.2 Å². The summed E-state index contributed by atoms with van der Waals surface area (Å²) in [6, 6.07) is 14.1. The second kappa shape index (κ2) is 12.8. The van der Waals surface area contributed by atoms with Crippen LogP contribution in [0.3, 0.4) is 0 Å². The Balaban J connectivity index is 1.29. The number of hydrogen-bond acceptors (Lipinski definition) is 5. The lowest BCUT2D eigenvalue weighted by Gasteiger charge is -2.15. The Morgan fingerprint density at radius 3 is 2.65 bits per heavy atom. The minimum atomic E-state index is -0.258. The summed E-state index contributed by atoms with van der Waals surface area (Å²) in [5, 5.41) is 7.18. The largest absolute Gasteiger partial charge is 0.486 e. The van der Waals surface area contributed by atoms with Crippen molar-refractivity contribution in [2.24, 2.45) is 5.16 Å². The number of benzene rings is 2. The van der Waals surface area contributed by atoms with E-state index in [1.165, 1.54) is 23.3 Å². The van der Waals surface area contributed by atoms with Gasteiger partial charge in [-0.1, -0.05) is 53.3 Å². The summed E-state index contributed by atoms with van der Waals surface area (Å²) >= 11 is 5.34. The lowest BCUT2D eigenvalue weighted by atomic mass is 10.1. The summed E-state index contributed by atoms with van der Waals surface area (Å²) < 4.78 is 23.9. The fraction of sp³-hybridized carbons (Fsp3) is 0.333. The minimum absolute atomic E-state index is 0.258. The van der Waals surface area contributed by atoms with Crippen molar-refractivity contribution >= 4 is 23.4 Å². The van der Waals surface area contributed by atoms with Gasteiger partial charge >= 0.3 is 0 Å². The van der Waals surface area contributed by atoms with Crippen LogP contribution < -0.4 is 10.1 Å². The zero-order chi connectivity index (χ0) is 21.7. The maximum Gasteiger partial charge on any atom is 0.142 e. The SMILES string of the molecule is Fc1ccc(CON=CCCc2ccc(OCC(=S)NCC3=CCOCC3)cc2)cc1. The van der Waals surface area contributed by atoms with Crippen molar-refractivity contribution in [3.05, 3.63) is 77.1 Å². The minimum Gasteiger partial charge on any atom is -0.486 e. The highest BCUT2D eigenvalue weighted by Gasteiger charge is 2.05. The van der Waals surface area contributed by atoms with E-state index in [2.05, 4.69) is 16.5 Å². The standard InChI is InChI=1S/C24H27FN2O3S/c25-22-7-3-21(4-8-22)17-30-27-13-1-2-19-5-9-23(10-6-19)29-18-24(31)26-16-20-11-14-28-15-12-20/h3-11,13H,1-2,12,14-18H2,(H,26,31). The van der Waals surface area contributed by atoms with E-state index >= 15 is 0 Å². The average molecular weight is 443 g/mol. The Bertz CT molecular complexity index is 883. The number of nitrogens with one attached hydrogen (secondary N) is 1. The number of aryl methyl sites for hydroxylation is 1. The van der Waals surface area contributed by atoms with Gasteiger partial charge in [-0.15, -0.1) is 0 Å². The third-order valence-electron chi connectivity index (χ3n) is 4.72. The van der Waals surface area contributed by atoms with E-state index in [1.54, 1.807) is 18.3 Å². The second-order valence-electron chi connectivity index (χ2n) is 7.12. The Morgan fingerprint density at radius 1 is 1.13 bits per heavy atom. The predicted molar refractivity (Wildman–Crippen MR) is 124 cm³/mol. The Labute approximate surface area is 187 Å². The van der Waals surface area contributed by atoms with E-state index < -0.39 is 0 Å². The number of thiocarbonyl (C=S) groups is 1. The molecule has 2 aromatic carbocycles. The highest BCUT2D eigenvalue weighted by Crippen LogP contribution is 2.13. The quantitative estimate of drug-likeness (QED) is 0.239. The molecule has 0 unspecified atom stereocenters. The van der Waals surface area contributed by atoms with Crippen LogP contribution in [0.2, 0.25) is 0 Å². The van der Waals surface area contributed by atoms with Gasteiger partial charge in [-0.3, -0.25) is 0 Å². The van der Waals surface area contributed by atoms with Gasteiger partial charge < -0.3 is 19.6 Å². The molecule has 2 aromatic rings. The maximum atomic E-state index is 12.8. The summed E-state index contributed by atoms with van der Waals surface area (Å²) in [4.78, 5) is 5.92. The molecule has 31 heavy (non-hydrogen) atoms. The molecule has 1 N–H and O–H groups in total. The van der Waals surface area contributed by atoms with Crippen LogP contribution in [-0.2, 0) is 22.6 Å². The molecule has 0 aromatic heterocycles. The predicted octanol–water partition coefficient (Wildman–Crippen LogP) is 4.60. The summed E-state index contributed by atoms with van der Waals surface area (Å²) in [6.07, 6.45) is 6.40. The molecule has 0 saturated heterocycles. The zero-order valence-corrected chi connectivity index (χ0v) is 18.2. The van der Waals surface area contributed by atoms with Crippen LogP contribution in [0.25, 0.3) is 0 Å². The molecule has 0 spiro atoms. The molecule has 3 rings (SSSR count). The average Bonchev–Trinajstić information content (AvgIpc) is 2.81. The summed E-state index contributed by atoms with van der Waals surface area (Å²) in [5.74, 6) is 0.529.